The minimum atomic E-state index is 1.25. The van der Waals surface area contributed by atoms with Crippen LogP contribution in [-0.4, -0.2) is 0 Å². The van der Waals surface area contributed by atoms with Crippen molar-refractivity contribution >= 4 is 0 Å². The molecule has 25 heavy (non-hydrogen) atoms. The van der Waals surface area contributed by atoms with Crippen molar-refractivity contribution in [3.63, 3.8) is 0 Å². The van der Waals surface area contributed by atoms with Crippen LogP contribution in [0.1, 0.15) is 136 Å². The van der Waals surface area contributed by atoms with Crippen LogP contribution in [0.15, 0.2) is 23.3 Å². The summed E-state index contributed by atoms with van der Waals surface area (Å²) in [5, 5.41) is 0. The summed E-state index contributed by atoms with van der Waals surface area (Å²) in [6.45, 7) is 4.60. The van der Waals surface area contributed by atoms with Crippen LogP contribution in [0, 0.1) is 0 Å². The first-order valence-corrected chi connectivity index (χ1v) is 11.8. The molecule has 0 nitrogen and oxygen atoms in total. The Hall–Kier alpha value is -0.520. The molecule has 0 aromatic carbocycles. The van der Waals surface area contributed by atoms with E-state index in [0.29, 0.717) is 0 Å². The Morgan fingerprint density at radius 2 is 1.00 bits per heavy atom. The van der Waals surface area contributed by atoms with Gasteiger partial charge in [0.2, 0.25) is 0 Å². The fraction of sp³-hybridized carbons (Fsp3) is 0.840. The molecule has 0 heterocycles. The van der Waals surface area contributed by atoms with Gasteiger partial charge in [-0.3, -0.25) is 0 Å². The van der Waals surface area contributed by atoms with Gasteiger partial charge in [-0.1, -0.05) is 121 Å². The van der Waals surface area contributed by atoms with Crippen LogP contribution in [0.5, 0.6) is 0 Å². The number of rotatable bonds is 18. The first-order chi connectivity index (χ1) is 12.4. The molecule has 0 radical (unpaired) electrons. The quantitative estimate of drug-likeness (QED) is 0.217. The summed E-state index contributed by atoms with van der Waals surface area (Å²) in [5.41, 5.74) is 3.47. The molecule has 0 heteroatoms. The zero-order valence-electron chi connectivity index (χ0n) is 17.6. The molecule has 0 fully saturated rings. The van der Waals surface area contributed by atoms with Gasteiger partial charge in [0.1, 0.15) is 0 Å². The number of allylic oxidation sites excluding steroid dienone is 4. The lowest BCUT2D eigenvalue weighted by Crippen LogP contribution is -1.89. The Labute approximate surface area is 159 Å². The molecule has 0 aliphatic heterocycles. The SMILES string of the molecule is CCCCCCCCCCC1=C(CCCCCCCCCC)CC=C1. The van der Waals surface area contributed by atoms with Crippen LogP contribution in [0.4, 0.5) is 0 Å². The molecule has 1 aliphatic rings. The van der Waals surface area contributed by atoms with E-state index in [2.05, 4.69) is 26.0 Å². The second kappa shape index (κ2) is 16.9. The van der Waals surface area contributed by atoms with E-state index < -0.39 is 0 Å². The van der Waals surface area contributed by atoms with Crippen molar-refractivity contribution in [1.29, 1.82) is 0 Å². The van der Waals surface area contributed by atoms with Crippen LogP contribution in [0.2, 0.25) is 0 Å². The Morgan fingerprint density at radius 1 is 0.560 bits per heavy atom. The normalized spacial score (nSPS) is 14.0. The third kappa shape index (κ3) is 12.5. The van der Waals surface area contributed by atoms with Crippen molar-refractivity contribution in [1.82, 2.24) is 0 Å². The maximum Gasteiger partial charge on any atom is -0.0130 e. The Bertz CT molecular complexity index is 347. The molecule has 0 aromatic heterocycles. The van der Waals surface area contributed by atoms with Crippen molar-refractivity contribution in [2.24, 2.45) is 0 Å². The minimum absolute atomic E-state index is 1.25. The number of hydrogen-bond acceptors (Lipinski definition) is 0. The van der Waals surface area contributed by atoms with E-state index in [-0.39, 0.29) is 0 Å². The van der Waals surface area contributed by atoms with Gasteiger partial charge in [0.15, 0.2) is 0 Å². The average Bonchev–Trinajstić information content (AvgIpc) is 3.07. The van der Waals surface area contributed by atoms with Crippen molar-refractivity contribution in [3.05, 3.63) is 23.3 Å². The topological polar surface area (TPSA) is 0 Å². The Kier molecular flexibility index (Phi) is 15.2. The Balaban J connectivity index is 1.99. The van der Waals surface area contributed by atoms with Crippen LogP contribution in [-0.2, 0) is 0 Å². The van der Waals surface area contributed by atoms with Gasteiger partial charge in [0, 0.05) is 0 Å². The standard InChI is InChI=1S/C25H46/c1-3-5-7-9-11-13-15-17-20-24-22-19-23-25(24)21-18-16-14-12-10-8-6-4-2/h19,22H,3-18,20-21,23H2,1-2H3. The van der Waals surface area contributed by atoms with Gasteiger partial charge in [0.25, 0.3) is 0 Å². The predicted molar refractivity (Wildman–Crippen MR) is 115 cm³/mol. The number of unbranched alkanes of at least 4 members (excludes halogenated alkanes) is 14. The van der Waals surface area contributed by atoms with Gasteiger partial charge in [-0.2, -0.15) is 0 Å². The third-order valence-corrected chi connectivity index (χ3v) is 5.77. The molecule has 0 saturated heterocycles. The highest BCUT2D eigenvalue weighted by molar-refractivity contribution is 5.33. The predicted octanol–water partition coefficient (Wildman–Crippen LogP) is 9.30. The second-order valence-electron chi connectivity index (χ2n) is 8.19. The maximum absolute atomic E-state index is 2.43. The summed E-state index contributed by atoms with van der Waals surface area (Å²) in [4.78, 5) is 0. The van der Waals surface area contributed by atoms with Crippen molar-refractivity contribution in [2.45, 2.75) is 136 Å². The van der Waals surface area contributed by atoms with Crippen molar-refractivity contribution < 1.29 is 0 Å². The van der Waals surface area contributed by atoms with Gasteiger partial charge in [-0.15, -0.1) is 0 Å². The van der Waals surface area contributed by atoms with E-state index >= 15 is 0 Å². The molecule has 0 aromatic rings. The molecule has 0 spiro atoms. The lowest BCUT2D eigenvalue weighted by atomic mass is 9.98. The molecule has 1 rings (SSSR count). The molecule has 1 aliphatic carbocycles. The monoisotopic (exact) mass is 346 g/mol. The fourth-order valence-corrected chi connectivity index (χ4v) is 4.04. The number of hydrogen-bond donors (Lipinski definition) is 0. The zero-order chi connectivity index (χ0) is 18.0. The van der Waals surface area contributed by atoms with Crippen LogP contribution in [0.25, 0.3) is 0 Å². The highest BCUT2D eigenvalue weighted by Gasteiger charge is 2.08. The molecular weight excluding hydrogens is 300 g/mol. The van der Waals surface area contributed by atoms with E-state index in [9.17, 15) is 0 Å². The van der Waals surface area contributed by atoms with E-state index in [1.807, 2.05) is 0 Å². The summed E-state index contributed by atoms with van der Waals surface area (Å²) in [6, 6.07) is 0. The van der Waals surface area contributed by atoms with Crippen molar-refractivity contribution in [3.8, 4) is 0 Å². The summed E-state index contributed by atoms with van der Waals surface area (Å²) >= 11 is 0. The maximum atomic E-state index is 2.43. The van der Waals surface area contributed by atoms with Gasteiger partial charge in [-0.05, 0) is 37.7 Å². The lowest BCUT2D eigenvalue weighted by Gasteiger charge is -2.08. The van der Waals surface area contributed by atoms with E-state index in [1.165, 1.54) is 122 Å². The Morgan fingerprint density at radius 3 is 1.52 bits per heavy atom. The van der Waals surface area contributed by atoms with Crippen molar-refractivity contribution in [2.75, 3.05) is 0 Å². The minimum Gasteiger partial charge on any atom is -0.0802 e. The van der Waals surface area contributed by atoms with Gasteiger partial charge in [0.05, 0.1) is 0 Å². The lowest BCUT2D eigenvalue weighted by molar-refractivity contribution is 0.570. The molecule has 0 amide bonds. The molecule has 0 atom stereocenters. The molecule has 0 saturated carbocycles. The van der Waals surface area contributed by atoms with Crippen LogP contribution in [0.3, 0.4) is 0 Å². The molecular formula is C25H46. The van der Waals surface area contributed by atoms with Gasteiger partial charge >= 0.3 is 0 Å². The van der Waals surface area contributed by atoms with E-state index in [4.69, 9.17) is 0 Å². The molecule has 0 N–H and O–H groups in total. The summed E-state index contributed by atoms with van der Waals surface area (Å²) < 4.78 is 0. The van der Waals surface area contributed by atoms with E-state index in [0.717, 1.165) is 0 Å². The first-order valence-electron chi connectivity index (χ1n) is 11.8. The van der Waals surface area contributed by atoms with E-state index in [1.54, 1.807) is 11.1 Å². The summed E-state index contributed by atoms with van der Waals surface area (Å²) in [6.07, 6.45) is 31.8. The highest BCUT2D eigenvalue weighted by Crippen LogP contribution is 2.28. The largest absolute Gasteiger partial charge is 0.0802 e. The molecule has 146 valence electrons. The third-order valence-electron chi connectivity index (χ3n) is 5.77. The smallest absolute Gasteiger partial charge is 0.0130 e. The fourth-order valence-electron chi connectivity index (χ4n) is 4.04. The second-order valence-corrected chi connectivity index (χ2v) is 8.19. The average molecular weight is 347 g/mol. The first kappa shape index (κ1) is 22.5. The zero-order valence-corrected chi connectivity index (χ0v) is 17.6. The van der Waals surface area contributed by atoms with Crippen LogP contribution >= 0.6 is 0 Å². The van der Waals surface area contributed by atoms with Crippen LogP contribution < -0.4 is 0 Å². The summed E-state index contributed by atoms with van der Waals surface area (Å²) in [5.74, 6) is 0. The van der Waals surface area contributed by atoms with Gasteiger partial charge < -0.3 is 0 Å². The molecule has 0 unspecified atom stereocenters. The van der Waals surface area contributed by atoms with Gasteiger partial charge in [-0.25, -0.2) is 0 Å². The molecule has 0 bridgehead atoms. The highest BCUT2D eigenvalue weighted by atomic mass is 14.1. The summed E-state index contributed by atoms with van der Waals surface area (Å²) in [7, 11) is 0.